The second-order valence-electron chi connectivity index (χ2n) is 12.9. The SMILES string of the molecule is CCCCCCCCCCCCCCCCCCCCCCCCC(=O)NCCOP(=O)(O)OCC(O)COC(=O)CCCCC. The first-order valence-corrected chi connectivity index (χ1v) is 20.5. The van der Waals surface area contributed by atoms with Gasteiger partial charge >= 0.3 is 13.8 Å². The Kier molecular flexibility index (Phi) is 33.2. The number of carbonyl (C=O) groups is 2. The van der Waals surface area contributed by atoms with E-state index in [1.54, 1.807) is 0 Å². The van der Waals surface area contributed by atoms with Crippen molar-refractivity contribution in [2.45, 2.75) is 193 Å². The number of ether oxygens (including phenoxy) is 1. The zero-order valence-corrected chi connectivity index (χ0v) is 30.7. The summed E-state index contributed by atoms with van der Waals surface area (Å²) in [5.74, 6) is -0.533. The molecule has 0 aliphatic carbocycles. The number of unbranched alkanes of at least 4 members (excludes halogenated alkanes) is 23. The third-order valence-electron chi connectivity index (χ3n) is 8.29. The molecule has 0 aliphatic rings. The summed E-state index contributed by atoms with van der Waals surface area (Å²) < 4.78 is 26.4. The second kappa shape index (κ2) is 33.9. The lowest BCUT2D eigenvalue weighted by Crippen LogP contribution is -2.27. The van der Waals surface area contributed by atoms with Gasteiger partial charge in [0.2, 0.25) is 5.91 Å². The molecule has 0 saturated heterocycles. The Morgan fingerprint density at radius 2 is 0.978 bits per heavy atom. The van der Waals surface area contributed by atoms with E-state index in [2.05, 4.69) is 12.2 Å². The van der Waals surface area contributed by atoms with Crippen LogP contribution in [-0.4, -0.2) is 54.3 Å². The Morgan fingerprint density at radius 1 is 0.587 bits per heavy atom. The number of rotatable bonds is 36. The molecule has 0 radical (unpaired) electrons. The largest absolute Gasteiger partial charge is 0.472 e. The summed E-state index contributed by atoms with van der Waals surface area (Å²) in [4.78, 5) is 33.3. The molecular formula is C36H72NO8P. The monoisotopic (exact) mass is 677 g/mol. The van der Waals surface area contributed by atoms with Gasteiger partial charge in [0.1, 0.15) is 12.7 Å². The fourth-order valence-corrected chi connectivity index (χ4v) is 6.14. The number of phosphoric acid groups is 1. The van der Waals surface area contributed by atoms with E-state index in [9.17, 15) is 24.2 Å². The number of amides is 1. The Hall–Kier alpha value is -0.990. The number of hydrogen-bond acceptors (Lipinski definition) is 7. The average Bonchev–Trinajstić information content (AvgIpc) is 3.03. The van der Waals surface area contributed by atoms with E-state index >= 15 is 0 Å². The van der Waals surface area contributed by atoms with E-state index in [-0.39, 0.29) is 32.1 Å². The third-order valence-corrected chi connectivity index (χ3v) is 9.27. The normalized spacial score (nSPS) is 13.4. The van der Waals surface area contributed by atoms with Crippen LogP contribution in [0, 0.1) is 0 Å². The van der Waals surface area contributed by atoms with Crippen LogP contribution in [0.25, 0.3) is 0 Å². The van der Waals surface area contributed by atoms with Crippen LogP contribution in [-0.2, 0) is 27.9 Å². The van der Waals surface area contributed by atoms with Gasteiger partial charge in [0.05, 0.1) is 13.2 Å². The fraction of sp³-hybridized carbons (Fsp3) is 0.944. The maximum absolute atomic E-state index is 12.0. The van der Waals surface area contributed by atoms with Crippen LogP contribution < -0.4 is 5.32 Å². The molecule has 0 spiro atoms. The minimum Gasteiger partial charge on any atom is -0.463 e. The molecule has 46 heavy (non-hydrogen) atoms. The molecular weight excluding hydrogens is 605 g/mol. The first kappa shape index (κ1) is 45.0. The van der Waals surface area contributed by atoms with Crippen molar-refractivity contribution >= 4 is 19.7 Å². The van der Waals surface area contributed by atoms with Gasteiger partial charge in [-0.3, -0.25) is 18.6 Å². The number of esters is 1. The molecule has 0 aliphatic heterocycles. The molecule has 10 heteroatoms. The summed E-state index contributed by atoms with van der Waals surface area (Å²) in [6, 6.07) is 0. The number of aliphatic hydroxyl groups is 1. The molecule has 0 heterocycles. The Balaban J connectivity index is 3.44. The molecule has 0 bridgehead atoms. The van der Waals surface area contributed by atoms with Crippen molar-refractivity contribution in [3.63, 3.8) is 0 Å². The Bertz CT molecular complexity index is 739. The van der Waals surface area contributed by atoms with E-state index < -0.39 is 26.5 Å². The van der Waals surface area contributed by atoms with Crippen molar-refractivity contribution in [2.75, 3.05) is 26.4 Å². The molecule has 0 aromatic heterocycles. The first-order chi connectivity index (χ1) is 22.3. The van der Waals surface area contributed by atoms with Crippen LogP contribution in [0.2, 0.25) is 0 Å². The van der Waals surface area contributed by atoms with E-state index in [0.29, 0.717) is 6.42 Å². The number of hydrogen-bond donors (Lipinski definition) is 3. The average molecular weight is 678 g/mol. The van der Waals surface area contributed by atoms with Gasteiger partial charge in [0.15, 0.2) is 0 Å². The smallest absolute Gasteiger partial charge is 0.463 e. The fourth-order valence-electron chi connectivity index (χ4n) is 5.38. The molecule has 0 fully saturated rings. The Labute approximate surface area is 282 Å². The van der Waals surface area contributed by atoms with Crippen molar-refractivity contribution in [1.29, 1.82) is 0 Å². The minimum atomic E-state index is -4.39. The summed E-state index contributed by atoms with van der Waals surface area (Å²) in [5, 5.41) is 12.5. The van der Waals surface area contributed by atoms with E-state index in [1.807, 2.05) is 6.92 Å². The van der Waals surface area contributed by atoms with Crippen molar-refractivity contribution in [2.24, 2.45) is 0 Å². The predicted molar refractivity (Wildman–Crippen MR) is 188 cm³/mol. The molecule has 0 aromatic carbocycles. The summed E-state index contributed by atoms with van der Waals surface area (Å²) in [6.07, 6.45) is 31.4. The first-order valence-electron chi connectivity index (χ1n) is 19.0. The van der Waals surface area contributed by atoms with Gasteiger partial charge in [-0.15, -0.1) is 0 Å². The van der Waals surface area contributed by atoms with Gasteiger partial charge in [0.25, 0.3) is 0 Å². The molecule has 9 nitrogen and oxygen atoms in total. The third kappa shape index (κ3) is 34.3. The van der Waals surface area contributed by atoms with Gasteiger partial charge in [-0.1, -0.05) is 162 Å². The van der Waals surface area contributed by atoms with E-state index in [0.717, 1.165) is 38.5 Å². The highest BCUT2D eigenvalue weighted by Gasteiger charge is 2.23. The van der Waals surface area contributed by atoms with E-state index in [1.165, 1.54) is 122 Å². The standard InChI is InChI=1S/C36H72NO8P/c1-3-5-7-8-9-10-11-12-13-14-15-16-17-18-19-20-21-22-23-24-25-27-28-35(39)37-30-31-44-46(41,42)45-33-34(38)32-43-36(40)29-26-6-4-2/h34,38H,3-33H2,1-2H3,(H,37,39)(H,41,42). The van der Waals surface area contributed by atoms with Gasteiger partial charge in [0, 0.05) is 19.4 Å². The molecule has 0 saturated carbocycles. The van der Waals surface area contributed by atoms with Crippen LogP contribution in [0.15, 0.2) is 0 Å². The maximum atomic E-state index is 12.0. The molecule has 0 rings (SSSR count). The van der Waals surface area contributed by atoms with Gasteiger partial charge in [-0.2, -0.15) is 0 Å². The quantitative estimate of drug-likeness (QED) is 0.0339. The zero-order valence-electron chi connectivity index (χ0n) is 29.8. The number of nitrogens with one attached hydrogen (secondary N) is 1. The maximum Gasteiger partial charge on any atom is 0.472 e. The predicted octanol–water partition coefficient (Wildman–Crippen LogP) is 9.71. The van der Waals surface area contributed by atoms with Crippen molar-refractivity contribution in [3.05, 3.63) is 0 Å². The highest BCUT2D eigenvalue weighted by molar-refractivity contribution is 7.47. The van der Waals surface area contributed by atoms with Crippen LogP contribution in [0.3, 0.4) is 0 Å². The van der Waals surface area contributed by atoms with Crippen LogP contribution in [0.1, 0.15) is 187 Å². The molecule has 0 aromatic rings. The highest BCUT2D eigenvalue weighted by Crippen LogP contribution is 2.42. The topological polar surface area (TPSA) is 131 Å². The lowest BCUT2D eigenvalue weighted by atomic mass is 10.0. The van der Waals surface area contributed by atoms with Crippen LogP contribution in [0.4, 0.5) is 0 Å². The summed E-state index contributed by atoms with van der Waals surface area (Å²) in [7, 11) is -4.39. The minimum absolute atomic E-state index is 0.0873. The summed E-state index contributed by atoms with van der Waals surface area (Å²) in [6.45, 7) is 3.37. The summed E-state index contributed by atoms with van der Waals surface area (Å²) >= 11 is 0. The second-order valence-corrected chi connectivity index (χ2v) is 14.4. The number of aliphatic hydroxyl groups excluding tert-OH is 1. The van der Waals surface area contributed by atoms with Crippen LogP contribution in [0.5, 0.6) is 0 Å². The summed E-state index contributed by atoms with van der Waals surface area (Å²) in [5.41, 5.74) is 0. The highest BCUT2D eigenvalue weighted by atomic mass is 31.2. The van der Waals surface area contributed by atoms with E-state index in [4.69, 9.17) is 13.8 Å². The lowest BCUT2D eigenvalue weighted by molar-refractivity contribution is -0.147. The van der Waals surface area contributed by atoms with Gasteiger partial charge in [-0.05, 0) is 12.8 Å². The van der Waals surface area contributed by atoms with Crippen molar-refractivity contribution in [3.8, 4) is 0 Å². The lowest BCUT2D eigenvalue weighted by Gasteiger charge is -2.15. The molecule has 274 valence electrons. The number of phosphoric ester groups is 1. The van der Waals surface area contributed by atoms with Gasteiger partial charge < -0.3 is 20.1 Å². The zero-order chi connectivity index (χ0) is 34.0. The van der Waals surface area contributed by atoms with Crippen molar-refractivity contribution < 1.29 is 37.9 Å². The van der Waals surface area contributed by atoms with Gasteiger partial charge in [-0.25, -0.2) is 4.57 Å². The van der Waals surface area contributed by atoms with Crippen molar-refractivity contribution in [1.82, 2.24) is 5.32 Å². The molecule has 1 amide bonds. The Morgan fingerprint density at radius 3 is 1.43 bits per heavy atom. The molecule has 2 unspecified atom stereocenters. The number of carbonyl (C=O) groups excluding carboxylic acids is 2. The molecule has 2 atom stereocenters. The van der Waals surface area contributed by atoms with Crippen LogP contribution >= 0.6 is 7.82 Å². The molecule has 3 N–H and O–H groups in total.